The maximum absolute atomic E-state index is 11.7. The van der Waals surface area contributed by atoms with Gasteiger partial charge >= 0.3 is 11.9 Å². The number of hydrogen-bond acceptors (Lipinski definition) is 6. The fourth-order valence-electron chi connectivity index (χ4n) is 1.71. The first kappa shape index (κ1) is 17.2. The molecule has 0 aliphatic rings. The van der Waals surface area contributed by atoms with Crippen LogP contribution in [0.2, 0.25) is 0 Å². The second-order valence-corrected chi connectivity index (χ2v) is 5.33. The van der Waals surface area contributed by atoms with Crippen molar-refractivity contribution in [2.24, 2.45) is 0 Å². The van der Waals surface area contributed by atoms with Gasteiger partial charge in [-0.3, -0.25) is 9.59 Å². The third-order valence-electron chi connectivity index (χ3n) is 2.70. The molecule has 0 spiro atoms. The van der Waals surface area contributed by atoms with Crippen LogP contribution in [0.3, 0.4) is 0 Å². The third-order valence-corrected chi connectivity index (χ3v) is 3.88. The summed E-state index contributed by atoms with van der Waals surface area (Å²) in [6.45, 7) is 0. The molecule has 7 heteroatoms. The lowest BCUT2D eigenvalue weighted by molar-refractivity contribution is -0.139. The van der Waals surface area contributed by atoms with Crippen LogP contribution in [0, 0.1) is 0 Å². The van der Waals surface area contributed by atoms with E-state index in [1.807, 2.05) is 0 Å². The summed E-state index contributed by atoms with van der Waals surface area (Å²) in [6.07, 6.45) is 0.332. The van der Waals surface area contributed by atoms with Gasteiger partial charge in [0, 0.05) is 6.07 Å². The van der Waals surface area contributed by atoms with E-state index in [9.17, 15) is 9.59 Å². The Morgan fingerprint density at radius 1 is 1.14 bits per heavy atom. The number of rotatable bonds is 8. The minimum absolute atomic E-state index is 0.166. The third kappa shape index (κ3) is 5.55. The number of benzene rings is 1. The summed E-state index contributed by atoms with van der Waals surface area (Å²) >= 11 is 1.03. The zero-order valence-electron chi connectivity index (χ0n) is 12.1. The van der Waals surface area contributed by atoms with Crippen LogP contribution in [0.25, 0.3) is 0 Å². The highest BCUT2D eigenvalue weighted by Crippen LogP contribution is 2.26. The van der Waals surface area contributed by atoms with Gasteiger partial charge in [0.15, 0.2) is 0 Å². The summed E-state index contributed by atoms with van der Waals surface area (Å²) in [4.78, 5) is 22.4. The Morgan fingerprint density at radius 2 is 1.71 bits per heavy atom. The number of ether oxygens (including phenoxy) is 3. The second kappa shape index (κ2) is 8.41. The molecule has 0 radical (unpaired) electrons. The summed E-state index contributed by atoms with van der Waals surface area (Å²) in [5, 5.41) is 8.14. The lowest BCUT2D eigenvalue weighted by Crippen LogP contribution is -2.23. The molecule has 1 rings (SSSR count). The molecule has 0 aliphatic heterocycles. The van der Waals surface area contributed by atoms with Crippen LogP contribution in [-0.2, 0) is 20.7 Å². The zero-order chi connectivity index (χ0) is 15.8. The number of methoxy groups -OCH3 is 3. The predicted molar refractivity (Wildman–Crippen MR) is 79.1 cm³/mol. The molecule has 0 bridgehead atoms. The van der Waals surface area contributed by atoms with Crippen LogP contribution < -0.4 is 9.47 Å². The maximum Gasteiger partial charge on any atom is 0.319 e. The summed E-state index contributed by atoms with van der Waals surface area (Å²) < 4.78 is 15.0. The first-order chi connectivity index (χ1) is 9.99. The van der Waals surface area contributed by atoms with E-state index in [-0.39, 0.29) is 5.75 Å². The van der Waals surface area contributed by atoms with E-state index in [1.165, 1.54) is 21.3 Å². The largest absolute Gasteiger partial charge is 0.497 e. The number of carbonyl (C=O) groups excluding carboxylic acids is 1. The Bertz CT molecular complexity index is 480. The highest BCUT2D eigenvalue weighted by atomic mass is 32.2. The summed E-state index contributed by atoms with van der Waals surface area (Å²) in [7, 11) is 4.36. The smallest absolute Gasteiger partial charge is 0.319 e. The van der Waals surface area contributed by atoms with Crippen molar-refractivity contribution >= 4 is 23.7 Å². The number of esters is 1. The molecule has 0 aromatic heterocycles. The fraction of sp³-hybridized carbons (Fsp3) is 0.429. The van der Waals surface area contributed by atoms with Gasteiger partial charge in [-0.25, -0.2) is 0 Å². The molecule has 1 unspecified atom stereocenters. The number of aliphatic carboxylic acids is 1. The van der Waals surface area contributed by atoms with Crippen LogP contribution >= 0.6 is 11.8 Å². The highest BCUT2D eigenvalue weighted by molar-refractivity contribution is 8.01. The van der Waals surface area contributed by atoms with Crippen LogP contribution in [0.4, 0.5) is 0 Å². The second-order valence-electron chi connectivity index (χ2n) is 4.14. The molecule has 0 amide bonds. The van der Waals surface area contributed by atoms with Gasteiger partial charge in [-0.1, -0.05) is 0 Å². The molecule has 0 heterocycles. The van der Waals surface area contributed by atoms with Gasteiger partial charge in [-0.2, -0.15) is 0 Å². The molecule has 1 aromatic rings. The van der Waals surface area contributed by atoms with Gasteiger partial charge in [-0.05, 0) is 24.1 Å². The normalized spacial score (nSPS) is 11.6. The topological polar surface area (TPSA) is 82.1 Å². The monoisotopic (exact) mass is 314 g/mol. The maximum atomic E-state index is 11.7. The fourth-order valence-corrected chi connectivity index (χ4v) is 2.60. The average Bonchev–Trinajstić information content (AvgIpc) is 2.49. The molecule has 1 N–H and O–H groups in total. The first-order valence-electron chi connectivity index (χ1n) is 6.13. The van der Waals surface area contributed by atoms with E-state index in [2.05, 4.69) is 0 Å². The molecule has 0 saturated carbocycles. The molecule has 116 valence electrons. The van der Waals surface area contributed by atoms with Crippen molar-refractivity contribution in [3.05, 3.63) is 23.8 Å². The summed E-state index contributed by atoms with van der Waals surface area (Å²) in [5.41, 5.74) is 0.805. The molecule has 0 saturated heterocycles. The Kier molecular flexibility index (Phi) is 6.87. The number of thioether (sulfide) groups is 1. The van der Waals surface area contributed by atoms with Gasteiger partial charge < -0.3 is 19.3 Å². The summed E-state index contributed by atoms with van der Waals surface area (Å²) in [5.74, 6) is -0.381. The molecular weight excluding hydrogens is 296 g/mol. The molecule has 1 aromatic carbocycles. The lowest BCUT2D eigenvalue weighted by Gasteiger charge is -2.15. The van der Waals surface area contributed by atoms with Crippen LogP contribution in [-0.4, -0.2) is 49.4 Å². The molecule has 0 fully saturated rings. The number of carboxylic acids is 1. The van der Waals surface area contributed by atoms with Gasteiger partial charge in [0.2, 0.25) is 0 Å². The molecule has 21 heavy (non-hydrogen) atoms. The van der Waals surface area contributed by atoms with E-state index in [0.717, 1.165) is 17.3 Å². The zero-order valence-corrected chi connectivity index (χ0v) is 12.9. The SMILES string of the molecule is COC(=O)C(Cc1cc(OC)cc(OC)c1)SCC(=O)O. The molecule has 0 aliphatic carbocycles. The van der Waals surface area contributed by atoms with Crippen LogP contribution in [0.1, 0.15) is 5.56 Å². The molecule has 6 nitrogen and oxygen atoms in total. The Hall–Kier alpha value is -1.89. The molecule has 1 atom stereocenters. The quantitative estimate of drug-likeness (QED) is 0.730. The minimum Gasteiger partial charge on any atom is -0.497 e. The number of carbonyl (C=O) groups is 2. The lowest BCUT2D eigenvalue weighted by atomic mass is 10.1. The van der Waals surface area contributed by atoms with Gasteiger partial charge in [0.25, 0.3) is 0 Å². The Morgan fingerprint density at radius 3 is 2.14 bits per heavy atom. The van der Waals surface area contributed by atoms with Gasteiger partial charge in [-0.15, -0.1) is 11.8 Å². The molecular formula is C14H18O6S. The first-order valence-corrected chi connectivity index (χ1v) is 7.18. The number of hydrogen-bond donors (Lipinski definition) is 1. The summed E-state index contributed by atoms with van der Waals surface area (Å²) in [6, 6.07) is 5.28. The van der Waals surface area contributed by atoms with Crippen LogP contribution in [0.5, 0.6) is 11.5 Å². The number of carboxylic acid groups (broad SMARTS) is 1. The Balaban J connectivity index is 2.91. The van der Waals surface area contributed by atoms with Crippen molar-refractivity contribution in [3.63, 3.8) is 0 Å². The standard InChI is InChI=1S/C14H18O6S/c1-18-10-4-9(5-11(7-10)19-2)6-12(14(17)20-3)21-8-13(15)16/h4-5,7,12H,6,8H2,1-3H3,(H,15,16). The highest BCUT2D eigenvalue weighted by Gasteiger charge is 2.22. The van der Waals surface area contributed by atoms with E-state index in [0.29, 0.717) is 17.9 Å². The van der Waals surface area contributed by atoms with Crippen molar-refractivity contribution in [1.82, 2.24) is 0 Å². The van der Waals surface area contributed by atoms with E-state index in [1.54, 1.807) is 18.2 Å². The van der Waals surface area contributed by atoms with Gasteiger partial charge in [0.05, 0.1) is 27.1 Å². The minimum atomic E-state index is -0.975. The van der Waals surface area contributed by atoms with Crippen molar-refractivity contribution in [2.75, 3.05) is 27.1 Å². The predicted octanol–water partition coefficient (Wildman–Crippen LogP) is 1.61. The van der Waals surface area contributed by atoms with E-state index in [4.69, 9.17) is 19.3 Å². The Labute approximate surface area is 127 Å². The van der Waals surface area contributed by atoms with Crippen molar-refractivity contribution < 1.29 is 28.9 Å². The van der Waals surface area contributed by atoms with Crippen molar-refractivity contribution in [1.29, 1.82) is 0 Å². The van der Waals surface area contributed by atoms with Crippen molar-refractivity contribution in [2.45, 2.75) is 11.7 Å². The van der Waals surface area contributed by atoms with Gasteiger partial charge in [0.1, 0.15) is 16.7 Å². The van der Waals surface area contributed by atoms with Crippen LogP contribution in [0.15, 0.2) is 18.2 Å². The van der Waals surface area contributed by atoms with Crippen molar-refractivity contribution in [3.8, 4) is 11.5 Å². The average molecular weight is 314 g/mol. The van der Waals surface area contributed by atoms with E-state index >= 15 is 0 Å². The van der Waals surface area contributed by atoms with E-state index < -0.39 is 17.2 Å².